The van der Waals surface area contributed by atoms with E-state index in [2.05, 4.69) is 56.4 Å². The first kappa shape index (κ1) is 14.1. The second kappa shape index (κ2) is 6.23. The Bertz CT molecular complexity index is 555. The van der Waals surface area contributed by atoms with Crippen LogP contribution in [0.1, 0.15) is 23.6 Å². The molecule has 0 spiro atoms. The van der Waals surface area contributed by atoms with Gasteiger partial charge in [-0.25, -0.2) is 0 Å². The van der Waals surface area contributed by atoms with E-state index in [1.807, 2.05) is 6.07 Å². The van der Waals surface area contributed by atoms with Crippen molar-refractivity contribution in [3.05, 3.63) is 58.1 Å². The lowest BCUT2D eigenvalue weighted by Crippen LogP contribution is -2.12. The molecular formula is C17H20ClN. The van der Waals surface area contributed by atoms with E-state index in [-0.39, 0.29) is 0 Å². The van der Waals surface area contributed by atoms with Crippen LogP contribution < -0.4 is 5.32 Å². The fourth-order valence-electron chi connectivity index (χ4n) is 2.29. The summed E-state index contributed by atoms with van der Waals surface area (Å²) < 4.78 is 0. The van der Waals surface area contributed by atoms with Gasteiger partial charge in [0.2, 0.25) is 0 Å². The van der Waals surface area contributed by atoms with Gasteiger partial charge in [-0.2, -0.15) is 0 Å². The zero-order valence-corrected chi connectivity index (χ0v) is 12.5. The number of hydrogen-bond donors (Lipinski definition) is 1. The largest absolute Gasteiger partial charge is 0.313 e. The molecule has 2 aromatic carbocycles. The molecule has 0 aliphatic heterocycles. The normalized spacial score (nSPS) is 10.7. The molecule has 0 aliphatic rings. The minimum Gasteiger partial charge on any atom is -0.313 e. The lowest BCUT2D eigenvalue weighted by atomic mass is 9.99. The Morgan fingerprint density at radius 3 is 2.26 bits per heavy atom. The third-order valence-corrected chi connectivity index (χ3v) is 3.53. The molecule has 0 unspecified atom stereocenters. The predicted molar refractivity (Wildman–Crippen MR) is 83.7 cm³/mol. The molecule has 0 amide bonds. The van der Waals surface area contributed by atoms with Crippen molar-refractivity contribution in [3.8, 4) is 11.1 Å². The van der Waals surface area contributed by atoms with Crippen molar-refractivity contribution in [1.82, 2.24) is 5.32 Å². The molecule has 19 heavy (non-hydrogen) atoms. The van der Waals surface area contributed by atoms with Gasteiger partial charge in [-0.05, 0) is 49.2 Å². The summed E-state index contributed by atoms with van der Waals surface area (Å²) in [7, 11) is 0. The van der Waals surface area contributed by atoms with Crippen LogP contribution in [0.5, 0.6) is 0 Å². The summed E-state index contributed by atoms with van der Waals surface area (Å²) in [4.78, 5) is 0. The van der Waals surface area contributed by atoms with Gasteiger partial charge in [0.1, 0.15) is 0 Å². The smallest absolute Gasteiger partial charge is 0.0451 e. The van der Waals surface area contributed by atoms with Crippen molar-refractivity contribution in [3.63, 3.8) is 0 Å². The monoisotopic (exact) mass is 273 g/mol. The van der Waals surface area contributed by atoms with E-state index in [0.29, 0.717) is 0 Å². The van der Waals surface area contributed by atoms with Crippen LogP contribution in [0.2, 0.25) is 5.02 Å². The van der Waals surface area contributed by atoms with Crippen molar-refractivity contribution in [2.75, 3.05) is 6.54 Å². The standard InChI is InChI=1S/C17H20ClN/c1-4-19-11-16-10-14(5-6-17(16)18)15-8-12(2)7-13(3)9-15/h5-10,19H,4,11H2,1-3H3. The first-order valence-corrected chi connectivity index (χ1v) is 7.05. The van der Waals surface area contributed by atoms with E-state index in [1.54, 1.807) is 0 Å². The van der Waals surface area contributed by atoms with E-state index < -0.39 is 0 Å². The van der Waals surface area contributed by atoms with Gasteiger partial charge in [0.05, 0.1) is 0 Å². The van der Waals surface area contributed by atoms with Gasteiger partial charge >= 0.3 is 0 Å². The van der Waals surface area contributed by atoms with Crippen LogP contribution in [0.25, 0.3) is 11.1 Å². The SMILES string of the molecule is CCNCc1cc(-c2cc(C)cc(C)c2)ccc1Cl. The van der Waals surface area contributed by atoms with Crippen molar-refractivity contribution >= 4 is 11.6 Å². The average molecular weight is 274 g/mol. The molecule has 2 heteroatoms. The number of nitrogens with one attached hydrogen (secondary N) is 1. The van der Waals surface area contributed by atoms with E-state index in [4.69, 9.17) is 11.6 Å². The summed E-state index contributed by atoms with van der Waals surface area (Å²) in [6.45, 7) is 8.12. The first-order chi connectivity index (χ1) is 9.10. The number of halogens is 1. The molecule has 0 heterocycles. The third-order valence-electron chi connectivity index (χ3n) is 3.17. The topological polar surface area (TPSA) is 12.0 Å². The van der Waals surface area contributed by atoms with E-state index in [1.165, 1.54) is 22.3 Å². The Balaban J connectivity index is 2.39. The molecule has 0 fully saturated rings. The third kappa shape index (κ3) is 3.59. The maximum atomic E-state index is 6.24. The maximum absolute atomic E-state index is 6.24. The zero-order chi connectivity index (χ0) is 13.8. The molecule has 0 aliphatic carbocycles. The quantitative estimate of drug-likeness (QED) is 0.849. The molecule has 0 saturated heterocycles. The minimum absolute atomic E-state index is 0.813. The van der Waals surface area contributed by atoms with E-state index >= 15 is 0 Å². The molecular weight excluding hydrogens is 254 g/mol. The van der Waals surface area contributed by atoms with Crippen molar-refractivity contribution in [1.29, 1.82) is 0 Å². The lowest BCUT2D eigenvalue weighted by molar-refractivity contribution is 0.727. The molecule has 1 N–H and O–H groups in total. The van der Waals surface area contributed by atoms with Gasteiger partial charge in [-0.3, -0.25) is 0 Å². The number of rotatable bonds is 4. The van der Waals surface area contributed by atoms with Gasteiger partial charge in [-0.1, -0.05) is 53.9 Å². The fourth-order valence-corrected chi connectivity index (χ4v) is 2.48. The highest BCUT2D eigenvalue weighted by Crippen LogP contribution is 2.26. The van der Waals surface area contributed by atoms with Gasteiger partial charge in [0, 0.05) is 11.6 Å². The molecule has 0 atom stereocenters. The summed E-state index contributed by atoms with van der Waals surface area (Å²) in [5.41, 5.74) is 6.22. The lowest BCUT2D eigenvalue weighted by Gasteiger charge is -2.10. The van der Waals surface area contributed by atoms with E-state index in [9.17, 15) is 0 Å². The second-order valence-electron chi connectivity index (χ2n) is 4.96. The number of aryl methyl sites for hydroxylation is 2. The Labute approximate surface area is 120 Å². The van der Waals surface area contributed by atoms with Crippen LogP contribution in [0, 0.1) is 13.8 Å². The van der Waals surface area contributed by atoms with Crippen LogP contribution in [0.4, 0.5) is 0 Å². The molecule has 0 radical (unpaired) electrons. The van der Waals surface area contributed by atoms with Crippen LogP contribution in [0.3, 0.4) is 0 Å². The van der Waals surface area contributed by atoms with Crippen molar-refractivity contribution in [2.24, 2.45) is 0 Å². The van der Waals surface area contributed by atoms with E-state index in [0.717, 1.165) is 23.7 Å². The molecule has 100 valence electrons. The average Bonchev–Trinajstić information content (AvgIpc) is 2.36. The zero-order valence-electron chi connectivity index (χ0n) is 11.8. The molecule has 1 nitrogen and oxygen atoms in total. The Morgan fingerprint density at radius 2 is 1.63 bits per heavy atom. The molecule has 0 saturated carbocycles. The Morgan fingerprint density at radius 1 is 0.947 bits per heavy atom. The van der Waals surface area contributed by atoms with Gasteiger partial charge < -0.3 is 5.32 Å². The summed E-state index contributed by atoms with van der Waals surface area (Å²) in [6.07, 6.45) is 0. The summed E-state index contributed by atoms with van der Waals surface area (Å²) >= 11 is 6.24. The fraction of sp³-hybridized carbons (Fsp3) is 0.294. The van der Waals surface area contributed by atoms with Gasteiger partial charge in [0.25, 0.3) is 0 Å². The maximum Gasteiger partial charge on any atom is 0.0451 e. The Kier molecular flexibility index (Phi) is 4.62. The van der Waals surface area contributed by atoms with Crippen LogP contribution in [-0.2, 0) is 6.54 Å². The number of hydrogen-bond acceptors (Lipinski definition) is 1. The van der Waals surface area contributed by atoms with Gasteiger partial charge in [-0.15, -0.1) is 0 Å². The molecule has 2 aromatic rings. The van der Waals surface area contributed by atoms with Crippen LogP contribution >= 0.6 is 11.6 Å². The molecule has 2 rings (SSSR count). The van der Waals surface area contributed by atoms with Crippen LogP contribution in [-0.4, -0.2) is 6.54 Å². The molecule has 0 bridgehead atoms. The Hall–Kier alpha value is -1.31. The highest BCUT2D eigenvalue weighted by molar-refractivity contribution is 6.31. The van der Waals surface area contributed by atoms with Crippen molar-refractivity contribution in [2.45, 2.75) is 27.3 Å². The molecule has 0 aromatic heterocycles. The van der Waals surface area contributed by atoms with Crippen LogP contribution in [0.15, 0.2) is 36.4 Å². The number of benzene rings is 2. The highest BCUT2D eigenvalue weighted by Gasteiger charge is 2.04. The summed E-state index contributed by atoms with van der Waals surface area (Å²) in [6, 6.07) is 12.9. The van der Waals surface area contributed by atoms with Gasteiger partial charge in [0.15, 0.2) is 0 Å². The summed E-state index contributed by atoms with van der Waals surface area (Å²) in [5.74, 6) is 0. The second-order valence-corrected chi connectivity index (χ2v) is 5.37. The van der Waals surface area contributed by atoms with Crippen molar-refractivity contribution < 1.29 is 0 Å². The summed E-state index contributed by atoms with van der Waals surface area (Å²) in [5, 5.41) is 4.15. The highest BCUT2D eigenvalue weighted by atomic mass is 35.5. The minimum atomic E-state index is 0.813. The first-order valence-electron chi connectivity index (χ1n) is 6.68. The predicted octanol–water partition coefficient (Wildman–Crippen LogP) is 4.73.